The van der Waals surface area contributed by atoms with Gasteiger partial charge in [-0.25, -0.2) is 0 Å². The minimum atomic E-state index is 0.571. The normalized spacial score (nSPS) is 21.6. The maximum Gasteiger partial charge on any atom is 0.183 e. The fourth-order valence-electron chi connectivity index (χ4n) is 1.54. The molecule has 0 N–H and O–H groups in total. The number of thiophene rings is 1. The van der Waals surface area contributed by atoms with Gasteiger partial charge in [-0.3, -0.25) is 4.99 Å². The zero-order valence-corrected chi connectivity index (χ0v) is 8.51. The van der Waals surface area contributed by atoms with E-state index in [0.29, 0.717) is 5.92 Å². The van der Waals surface area contributed by atoms with Crippen LogP contribution in [-0.2, 0) is 4.74 Å². The molecule has 2 nitrogen and oxygen atoms in total. The van der Waals surface area contributed by atoms with Crippen LogP contribution >= 0.6 is 11.3 Å². The summed E-state index contributed by atoms with van der Waals surface area (Å²) in [6.45, 7) is 3.63. The van der Waals surface area contributed by atoms with Crippen molar-refractivity contribution in [3.8, 4) is 0 Å². The molecule has 1 unspecified atom stereocenters. The number of hydrogen-bond acceptors (Lipinski definition) is 3. The molecule has 2 heterocycles. The molecule has 0 aromatic carbocycles. The second-order valence-electron chi connectivity index (χ2n) is 3.08. The number of hydrogen-bond donors (Lipinski definition) is 0. The van der Waals surface area contributed by atoms with Gasteiger partial charge in [-0.15, -0.1) is 11.3 Å². The highest BCUT2D eigenvalue weighted by Gasteiger charge is 2.21. The fourth-order valence-corrected chi connectivity index (χ4v) is 2.36. The van der Waals surface area contributed by atoms with E-state index in [-0.39, 0.29) is 0 Å². The van der Waals surface area contributed by atoms with E-state index in [1.807, 2.05) is 18.3 Å². The van der Waals surface area contributed by atoms with Crippen LogP contribution in [0.4, 0.5) is 0 Å². The second-order valence-corrected chi connectivity index (χ2v) is 4.06. The number of aliphatic imine (C=N–C) groups is 1. The predicted molar refractivity (Wildman–Crippen MR) is 55.6 cm³/mol. The number of nitrogens with zero attached hydrogens (tertiary/aromatic N) is 1. The van der Waals surface area contributed by atoms with Gasteiger partial charge in [0.05, 0.1) is 13.2 Å². The van der Waals surface area contributed by atoms with E-state index < -0.39 is 0 Å². The molecule has 13 heavy (non-hydrogen) atoms. The van der Waals surface area contributed by atoms with Crippen LogP contribution in [0.5, 0.6) is 0 Å². The summed E-state index contributed by atoms with van der Waals surface area (Å²) in [5.74, 6) is 1.50. The SMILES string of the molecule is CCOC1=NCC(c2cccs2)C1. The maximum atomic E-state index is 5.39. The second kappa shape index (κ2) is 3.92. The third-order valence-electron chi connectivity index (χ3n) is 2.17. The van der Waals surface area contributed by atoms with E-state index in [9.17, 15) is 0 Å². The van der Waals surface area contributed by atoms with E-state index in [1.165, 1.54) is 4.88 Å². The largest absolute Gasteiger partial charge is 0.481 e. The van der Waals surface area contributed by atoms with E-state index in [2.05, 4.69) is 22.5 Å². The first kappa shape index (κ1) is 8.75. The summed E-state index contributed by atoms with van der Waals surface area (Å²) < 4.78 is 5.39. The lowest BCUT2D eigenvalue weighted by molar-refractivity contribution is 0.320. The van der Waals surface area contributed by atoms with Gasteiger partial charge >= 0.3 is 0 Å². The summed E-state index contributed by atoms with van der Waals surface area (Å²) in [6, 6.07) is 4.28. The first-order valence-corrected chi connectivity index (χ1v) is 5.47. The smallest absolute Gasteiger partial charge is 0.183 e. The molecule has 1 aromatic heterocycles. The predicted octanol–water partition coefficient (Wildman–Crippen LogP) is 2.67. The van der Waals surface area contributed by atoms with Crippen molar-refractivity contribution in [2.24, 2.45) is 4.99 Å². The summed E-state index contributed by atoms with van der Waals surface area (Å²) in [7, 11) is 0. The topological polar surface area (TPSA) is 21.6 Å². The van der Waals surface area contributed by atoms with Gasteiger partial charge in [0.1, 0.15) is 0 Å². The van der Waals surface area contributed by atoms with Crippen LogP contribution in [0.25, 0.3) is 0 Å². The highest BCUT2D eigenvalue weighted by atomic mass is 32.1. The van der Waals surface area contributed by atoms with Gasteiger partial charge in [0.25, 0.3) is 0 Å². The van der Waals surface area contributed by atoms with Crippen LogP contribution in [0.1, 0.15) is 24.1 Å². The zero-order valence-electron chi connectivity index (χ0n) is 7.69. The molecule has 0 saturated carbocycles. The van der Waals surface area contributed by atoms with Crippen molar-refractivity contribution < 1.29 is 4.74 Å². The molecule has 0 bridgehead atoms. The third kappa shape index (κ3) is 1.91. The Bertz CT molecular complexity index is 292. The Morgan fingerprint density at radius 3 is 3.31 bits per heavy atom. The van der Waals surface area contributed by atoms with Gasteiger partial charge in [0, 0.05) is 17.2 Å². The van der Waals surface area contributed by atoms with Crippen molar-refractivity contribution >= 4 is 17.2 Å². The van der Waals surface area contributed by atoms with Crippen LogP contribution < -0.4 is 0 Å². The van der Waals surface area contributed by atoms with Crippen molar-refractivity contribution in [1.29, 1.82) is 0 Å². The van der Waals surface area contributed by atoms with Crippen molar-refractivity contribution in [2.75, 3.05) is 13.2 Å². The zero-order chi connectivity index (χ0) is 9.10. The summed E-state index contributed by atoms with van der Waals surface area (Å²) in [4.78, 5) is 5.79. The monoisotopic (exact) mass is 195 g/mol. The van der Waals surface area contributed by atoms with Crippen molar-refractivity contribution in [3.63, 3.8) is 0 Å². The highest BCUT2D eigenvalue weighted by Crippen LogP contribution is 2.29. The molecule has 3 heteroatoms. The van der Waals surface area contributed by atoms with Crippen LogP contribution in [0, 0.1) is 0 Å². The lowest BCUT2D eigenvalue weighted by Gasteiger charge is -2.05. The van der Waals surface area contributed by atoms with Crippen LogP contribution in [0.2, 0.25) is 0 Å². The highest BCUT2D eigenvalue weighted by molar-refractivity contribution is 7.10. The van der Waals surface area contributed by atoms with Gasteiger partial charge < -0.3 is 4.74 Å². The van der Waals surface area contributed by atoms with Crippen molar-refractivity contribution in [3.05, 3.63) is 22.4 Å². The molecule has 0 amide bonds. The molecular formula is C10H13NOS. The van der Waals surface area contributed by atoms with E-state index >= 15 is 0 Å². The van der Waals surface area contributed by atoms with Gasteiger partial charge in [-0.1, -0.05) is 6.07 Å². The Kier molecular flexibility index (Phi) is 2.64. The van der Waals surface area contributed by atoms with Gasteiger partial charge in [-0.2, -0.15) is 0 Å². The fraction of sp³-hybridized carbons (Fsp3) is 0.500. The standard InChI is InChI=1S/C10H13NOS/c1-2-12-10-6-8(7-11-10)9-4-3-5-13-9/h3-5,8H,2,6-7H2,1H3. The maximum absolute atomic E-state index is 5.39. The van der Waals surface area contributed by atoms with Crippen LogP contribution in [-0.4, -0.2) is 19.0 Å². The van der Waals surface area contributed by atoms with E-state index in [4.69, 9.17) is 4.74 Å². The minimum Gasteiger partial charge on any atom is -0.481 e. The minimum absolute atomic E-state index is 0.571. The summed E-state index contributed by atoms with van der Waals surface area (Å²) in [5, 5.41) is 2.12. The first-order valence-electron chi connectivity index (χ1n) is 4.59. The summed E-state index contributed by atoms with van der Waals surface area (Å²) in [6.07, 6.45) is 0.981. The Morgan fingerprint density at radius 1 is 1.69 bits per heavy atom. The van der Waals surface area contributed by atoms with Gasteiger partial charge in [0.2, 0.25) is 0 Å². The van der Waals surface area contributed by atoms with Crippen LogP contribution in [0.3, 0.4) is 0 Å². The molecule has 0 saturated heterocycles. The average molecular weight is 195 g/mol. The Morgan fingerprint density at radius 2 is 2.62 bits per heavy atom. The molecule has 1 aliphatic heterocycles. The van der Waals surface area contributed by atoms with E-state index in [1.54, 1.807) is 0 Å². The third-order valence-corrected chi connectivity index (χ3v) is 3.20. The number of rotatable bonds is 2. The molecule has 0 spiro atoms. The Labute approximate surface area is 82.3 Å². The molecule has 0 radical (unpaired) electrons. The Balaban J connectivity index is 1.95. The molecule has 0 fully saturated rings. The molecule has 1 aromatic rings. The quantitative estimate of drug-likeness (QED) is 0.711. The lowest BCUT2D eigenvalue weighted by Crippen LogP contribution is -2.02. The van der Waals surface area contributed by atoms with Crippen molar-refractivity contribution in [1.82, 2.24) is 0 Å². The van der Waals surface area contributed by atoms with E-state index in [0.717, 1.165) is 25.5 Å². The molecular weight excluding hydrogens is 182 g/mol. The molecule has 1 aliphatic rings. The molecule has 1 atom stereocenters. The first-order chi connectivity index (χ1) is 6.40. The molecule has 70 valence electrons. The molecule has 0 aliphatic carbocycles. The van der Waals surface area contributed by atoms with Gasteiger partial charge in [0.15, 0.2) is 5.90 Å². The number of ether oxygens (including phenoxy) is 1. The van der Waals surface area contributed by atoms with Gasteiger partial charge in [-0.05, 0) is 18.4 Å². The van der Waals surface area contributed by atoms with Crippen LogP contribution in [0.15, 0.2) is 22.5 Å². The Hall–Kier alpha value is -0.830. The summed E-state index contributed by atoms with van der Waals surface area (Å²) >= 11 is 1.81. The summed E-state index contributed by atoms with van der Waals surface area (Å²) in [5.41, 5.74) is 0. The lowest BCUT2D eigenvalue weighted by atomic mass is 10.1. The molecule has 2 rings (SSSR count). The van der Waals surface area contributed by atoms with Crippen molar-refractivity contribution in [2.45, 2.75) is 19.3 Å². The average Bonchev–Trinajstić information content (AvgIpc) is 2.70.